The highest BCUT2D eigenvalue weighted by atomic mass is 127. The second-order valence-electron chi connectivity index (χ2n) is 4.90. The molecule has 0 atom stereocenters. The quantitative estimate of drug-likeness (QED) is 0.264. The van der Waals surface area contributed by atoms with E-state index in [1.807, 2.05) is 0 Å². The van der Waals surface area contributed by atoms with Crippen LogP contribution >= 0.6 is 24.0 Å². The van der Waals surface area contributed by atoms with Gasteiger partial charge in [-0.1, -0.05) is 6.92 Å². The molecule has 0 aliphatic carbocycles. The fourth-order valence-electron chi connectivity index (χ4n) is 1.91. The molecule has 0 saturated carbocycles. The Balaban J connectivity index is 0.00000361. The normalized spacial score (nSPS) is 17.1. The molecule has 0 spiro atoms. The van der Waals surface area contributed by atoms with E-state index in [0.717, 1.165) is 65.4 Å². The van der Waals surface area contributed by atoms with Gasteiger partial charge < -0.3 is 20.7 Å². The lowest BCUT2D eigenvalue weighted by Gasteiger charge is -2.26. The van der Waals surface area contributed by atoms with Gasteiger partial charge in [-0.2, -0.15) is 0 Å². The van der Waals surface area contributed by atoms with Crippen molar-refractivity contribution < 1.29 is 4.74 Å². The van der Waals surface area contributed by atoms with Crippen molar-refractivity contribution in [3.05, 3.63) is 0 Å². The number of nitrogens with one attached hydrogen (secondary N) is 1. The van der Waals surface area contributed by atoms with Crippen molar-refractivity contribution >= 4 is 29.9 Å². The van der Waals surface area contributed by atoms with Crippen molar-refractivity contribution in [1.29, 1.82) is 0 Å². The lowest BCUT2D eigenvalue weighted by molar-refractivity contribution is 0.0377. The van der Waals surface area contributed by atoms with Crippen LogP contribution in [0, 0.1) is 0 Å². The molecule has 1 rings (SSSR count). The van der Waals surface area contributed by atoms with Crippen LogP contribution in [0.3, 0.4) is 0 Å². The summed E-state index contributed by atoms with van der Waals surface area (Å²) >= 11 is 0. The van der Waals surface area contributed by atoms with Gasteiger partial charge in [-0.3, -0.25) is 9.89 Å². The number of likely N-dealkylation sites (N-methyl/N-ethyl adjacent to an activating group) is 1. The first kappa shape index (κ1) is 19.9. The van der Waals surface area contributed by atoms with Crippen molar-refractivity contribution in [1.82, 2.24) is 15.1 Å². The standard InChI is InChI=1S/C13H29N5O.HI/c1-3-17(2)8-6-16-13(14)15-5-4-7-18-9-11-19-12-10-18;/h3-12H2,1-2H3,(H3,14,15,16);1H. The summed E-state index contributed by atoms with van der Waals surface area (Å²) in [6.45, 7) is 10.7. The molecular formula is C13H30IN5O. The summed E-state index contributed by atoms with van der Waals surface area (Å²) in [7, 11) is 2.09. The first-order valence-corrected chi connectivity index (χ1v) is 7.24. The van der Waals surface area contributed by atoms with Crippen LogP contribution in [-0.2, 0) is 4.74 Å². The zero-order valence-corrected chi connectivity index (χ0v) is 15.1. The average Bonchev–Trinajstić information content (AvgIpc) is 2.44. The Morgan fingerprint density at radius 1 is 1.40 bits per heavy atom. The molecule has 0 bridgehead atoms. The van der Waals surface area contributed by atoms with E-state index < -0.39 is 0 Å². The second kappa shape index (κ2) is 12.6. The predicted octanol–water partition coefficient (Wildman–Crippen LogP) is 0.183. The minimum absolute atomic E-state index is 0. The highest BCUT2D eigenvalue weighted by Gasteiger charge is 2.08. The van der Waals surface area contributed by atoms with Gasteiger partial charge in [0.05, 0.1) is 13.2 Å². The third-order valence-corrected chi connectivity index (χ3v) is 3.36. The molecule has 6 nitrogen and oxygen atoms in total. The zero-order chi connectivity index (χ0) is 13.9. The van der Waals surface area contributed by atoms with Crippen molar-refractivity contribution in [3.8, 4) is 0 Å². The Morgan fingerprint density at radius 3 is 2.75 bits per heavy atom. The maximum atomic E-state index is 5.81. The zero-order valence-electron chi connectivity index (χ0n) is 12.8. The number of guanidine groups is 1. The largest absolute Gasteiger partial charge is 0.379 e. The minimum atomic E-state index is 0. The topological polar surface area (TPSA) is 66.1 Å². The molecule has 0 aromatic heterocycles. The molecule has 1 aliphatic rings. The van der Waals surface area contributed by atoms with Crippen molar-refractivity contribution in [2.45, 2.75) is 13.3 Å². The second-order valence-corrected chi connectivity index (χ2v) is 4.90. The average molecular weight is 399 g/mol. The maximum Gasteiger partial charge on any atom is 0.188 e. The van der Waals surface area contributed by atoms with Crippen LogP contribution in [0.4, 0.5) is 0 Å². The number of rotatable bonds is 8. The Kier molecular flexibility index (Phi) is 12.5. The van der Waals surface area contributed by atoms with Gasteiger partial charge in [0.2, 0.25) is 0 Å². The predicted molar refractivity (Wildman–Crippen MR) is 95.0 cm³/mol. The third kappa shape index (κ3) is 9.73. The summed E-state index contributed by atoms with van der Waals surface area (Å²) in [6.07, 6.45) is 1.05. The van der Waals surface area contributed by atoms with E-state index >= 15 is 0 Å². The molecule has 1 heterocycles. The van der Waals surface area contributed by atoms with E-state index in [9.17, 15) is 0 Å². The van der Waals surface area contributed by atoms with Crippen LogP contribution in [0.25, 0.3) is 0 Å². The SMILES string of the molecule is CCN(C)CCNC(N)=NCCCN1CCOCC1.I. The van der Waals surface area contributed by atoms with Crippen molar-refractivity contribution in [3.63, 3.8) is 0 Å². The molecule has 1 saturated heterocycles. The number of aliphatic imine (C=N–C) groups is 1. The molecule has 0 unspecified atom stereocenters. The highest BCUT2D eigenvalue weighted by molar-refractivity contribution is 14.0. The number of ether oxygens (including phenoxy) is 1. The van der Waals surface area contributed by atoms with E-state index in [2.05, 4.69) is 34.1 Å². The maximum absolute atomic E-state index is 5.81. The Morgan fingerprint density at radius 2 is 2.10 bits per heavy atom. The molecule has 0 radical (unpaired) electrons. The smallest absolute Gasteiger partial charge is 0.188 e. The third-order valence-electron chi connectivity index (χ3n) is 3.36. The molecular weight excluding hydrogens is 369 g/mol. The summed E-state index contributed by atoms with van der Waals surface area (Å²) in [5.74, 6) is 0.562. The number of nitrogens with zero attached hydrogens (tertiary/aromatic N) is 3. The molecule has 120 valence electrons. The van der Waals surface area contributed by atoms with E-state index in [1.54, 1.807) is 0 Å². The lowest BCUT2D eigenvalue weighted by atomic mass is 10.3. The van der Waals surface area contributed by atoms with Crippen LogP contribution in [-0.4, -0.2) is 81.8 Å². The number of nitrogens with two attached hydrogens (primary N) is 1. The Bertz CT molecular complexity index is 259. The monoisotopic (exact) mass is 399 g/mol. The number of hydrogen-bond donors (Lipinski definition) is 2. The summed E-state index contributed by atoms with van der Waals surface area (Å²) in [4.78, 5) is 8.99. The van der Waals surface area contributed by atoms with Crippen molar-refractivity contribution in [2.24, 2.45) is 10.7 Å². The van der Waals surface area contributed by atoms with Gasteiger partial charge in [-0.05, 0) is 20.0 Å². The van der Waals surface area contributed by atoms with Crippen LogP contribution in [0.15, 0.2) is 4.99 Å². The fourth-order valence-corrected chi connectivity index (χ4v) is 1.91. The summed E-state index contributed by atoms with van der Waals surface area (Å²) in [6, 6.07) is 0. The summed E-state index contributed by atoms with van der Waals surface area (Å²) < 4.78 is 5.31. The van der Waals surface area contributed by atoms with Gasteiger partial charge in [-0.25, -0.2) is 0 Å². The van der Waals surface area contributed by atoms with E-state index in [0.29, 0.717) is 5.96 Å². The first-order chi connectivity index (χ1) is 9.22. The van der Waals surface area contributed by atoms with E-state index in [-0.39, 0.29) is 24.0 Å². The number of halogens is 1. The van der Waals surface area contributed by atoms with Gasteiger partial charge in [-0.15, -0.1) is 24.0 Å². The molecule has 20 heavy (non-hydrogen) atoms. The Hall–Kier alpha value is -0.120. The molecule has 1 aliphatic heterocycles. The van der Waals surface area contributed by atoms with Crippen molar-refractivity contribution in [2.75, 3.05) is 66.1 Å². The van der Waals surface area contributed by atoms with Crippen LogP contribution in [0.2, 0.25) is 0 Å². The molecule has 1 fully saturated rings. The number of morpholine rings is 1. The van der Waals surface area contributed by atoms with Crippen LogP contribution in [0.1, 0.15) is 13.3 Å². The fraction of sp³-hybridized carbons (Fsp3) is 0.923. The molecule has 0 aromatic carbocycles. The van der Waals surface area contributed by atoms with Gasteiger partial charge in [0.15, 0.2) is 5.96 Å². The van der Waals surface area contributed by atoms with Gasteiger partial charge in [0, 0.05) is 39.3 Å². The minimum Gasteiger partial charge on any atom is -0.379 e. The highest BCUT2D eigenvalue weighted by Crippen LogP contribution is 1.97. The molecule has 0 amide bonds. The Labute approximate surface area is 140 Å². The molecule has 7 heteroatoms. The summed E-state index contributed by atoms with van der Waals surface area (Å²) in [5, 5.41) is 3.14. The summed E-state index contributed by atoms with van der Waals surface area (Å²) in [5.41, 5.74) is 5.81. The van der Waals surface area contributed by atoms with Crippen LogP contribution in [0.5, 0.6) is 0 Å². The number of hydrogen-bond acceptors (Lipinski definition) is 4. The van der Waals surface area contributed by atoms with E-state index in [4.69, 9.17) is 10.5 Å². The van der Waals surface area contributed by atoms with Gasteiger partial charge >= 0.3 is 0 Å². The lowest BCUT2D eigenvalue weighted by Crippen LogP contribution is -2.38. The van der Waals surface area contributed by atoms with Gasteiger partial charge in [0.25, 0.3) is 0 Å². The van der Waals surface area contributed by atoms with Crippen LogP contribution < -0.4 is 11.1 Å². The molecule has 0 aromatic rings. The first-order valence-electron chi connectivity index (χ1n) is 7.24. The van der Waals surface area contributed by atoms with Gasteiger partial charge in [0.1, 0.15) is 0 Å². The molecule has 3 N–H and O–H groups in total. The van der Waals surface area contributed by atoms with E-state index in [1.165, 1.54) is 0 Å².